The number of hydrogen-bond acceptors (Lipinski definition) is 1. The van der Waals surface area contributed by atoms with E-state index in [0.29, 0.717) is 0 Å². The van der Waals surface area contributed by atoms with Crippen LogP contribution in [0.4, 0.5) is 5.69 Å². The molecule has 0 atom stereocenters. The first kappa shape index (κ1) is 11.8. The zero-order valence-electron chi connectivity index (χ0n) is 11.0. The first-order chi connectivity index (χ1) is 9.16. The predicted molar refractivity (Wildman–Crippen MR) is 79.3 cm³/mol. The van der Waals surface area contributed by atoms with Crippen LogP contribution in [0.15, 0.2) is 42.5 Å². The molecule has 0 saturated heterocycles. The fourth-order valence-electron chi connectivity index (χ4n) is 2.25. The quantitative estimate of drug-likeness (QED) is 0.713. The number of para-hydroxylation sites is 2. The molecule has 1 heterocycles. The Labute approximate surface area is 111 Å². The summed E-state index contributed by atoms with van der Waals surface area (Å²) >= 11 is 0. The molecule has 2 aromatic carbocycles. The third-order valence-corrected chi connectivity index (χ3v) is 3.32. The zero-order valence-corrected chi connectivity index (χ0v) is 11.0. The number of aromatic amines is 1. The number of carbonyl (C=O) groups excluding carboxylic acids is 1. The summed E-state index contributed by atoms with van der Waals surface area (Å²) in [5.74, 6) is 0.00536. The third-order valence-electron chi connectivity index (χ3n) is 3.32. The van der Waals surface area contributed by atoms with E-state index in [1.165, 1.54) is 5.39 Å². The van der Waals surface area contributed by atoms with E-state index in [1.807, 2.05) is 44.2 Å². The van der Waals surface area contributed by atoms with Gasteiger partial charge in [0.25, 0.3) is 0 Å². The van der Waals surface area contributed by atoms with Crippen LogP contribution in [-0.2, 0) is 4.79 Å². The van der Waals surface area contributed by atoms with Crippen LogP contribution in [-0.4, -0.2) is 10.9 Å². The molecule has 3 aromatic rings. The Bertz CT molecular complexity index is 756. The maximum Gasteiger partial charge on any atom is 0.226 e. The minimum absolute atomic E-state index is 0.0281. The Kier molecular flexibility index (Phi) is 2.75. The topological polar surface area (TPSA) is 44.9 Å². The number of rotatable bonds is 2. The largest absolute Gasteiger partial charge is 0.353 e. The lowest BCUT2D eigenvalue weighted by Crippen LogP contribution is -2.17. The number of anilines is 1. The number of nitrogens with one attached hydrogen (secondary N) is 2. The van der Waals surface area contributed by atoms with Crippen molar-refractivity contribution in [2.45, 2.75) is 13.8 Å². The first-order valence-electron chi connectivity index (χ1n) is 6.47. The van der Waals surface area contributed by atoms with Crippen molar-refractivity contribution in [2.75, 3.05) is 5.32 Å². The molecule has 2 N–H and O–H groups in total. The van der Waals surface area contributed by atoms with Crippen LogP contribution < -0.4 is 5.32 Å². The van der Waals surface area contributed by atoms with Gasteiger partial charge in [-0.3, -0.25) is 4.79 Å². The van der Waals surface area contributed by atoms with Gasteiger partial charge in [0.2, 0.25) is 5.91 Å². The van der Waals surface area contributed by atoms with Crippen LogP contribution in [0, 0.1) is 5.92 Å². The van der Waals surface area contributed by atoms with Gasteiger partial charge in [0.05, 0.1) is 11.2 Å². The van der Waals surface area contributed by atoms with Crippen LogP contribution in [0.5, 0.6) is 0 Å². The second-order valence-corrected chi connectivity index (χ2v) is 5.04. The summed E-state index contributed by atoms with van der Waals surface area (Å²) in [6, 6.07) is 14.1. The van der Waals surface area contributed by atoms with Gasteiger partial charge in [-0.05, 0) is 12.1 Å². The minimum Gasteiger partial charge on any atom is -0.353 e. The first-order valence-corrected chi connectivity index (χ1v) is 6.47. The van der Waals surface area contributed by atoms with Crippen LogP contribution in [0.2, 0.25) is 0 Å². The van der Waals surface area contributed by atoms with Crippen molar-refractivity contribution >= 4 is 33.4 Å². The molecule has 96 valence electrons. The van der Waals surface area contributed by atoms with Gasteiger partial charge in [-0.25, -0.2) is 0 Å². The molecule has 3 rings (SSSR count). The highest BCUT2D eigenvalue weighted by atomic mass is 16.1. The van der Waals surface area contributed by atoms with Gasteiger partial charge in [-0.1, -0.05) is 44.2 Å². The van der Waals surface area contributed by atoms with E-state index >= 15 is 0 Å². The second-order valence-electron chi connectivity index (χ2n) is 5.04. The van der Waals surface area contributed by atoms with E-state index in [1.54, 1.807) is 0 Å². The van der Waals surface area contributed by atoms with Gasteiger partial charge in [0.1, 0.15) is 0 Å². The molecule has 0 radical (unpaired) electrons. The maximum atomic E-state index is 11.8. The smallest absolute Gasteiger partial charge is 0.226 e. The monoisotopic (exact) mass is 252 g/mol. The Morgan fingerprint density at radius 2 is 1.79 bits per heavy atom. The molecule has 0 aliphatic heterocycles. The number of carbonyl (C=O) groups is 1. The molecule has 1 amide bonds. The Morgan fingerprint density at radius 1 is 1.05 bits per heavy atom. The molecule has 3 heteroatoms. The van der Waals surface area contributed by atoms with E-state index in [4.69, 9.17) is 0 Å². The van der Waals surface area contributed by atoms with E-state index < -0.39 is 0 Å². The summed E-state index contributed by atoms with van der Waals surface area (Å²) in [6.07, 6.45) is 0. The molecule has 0 unspecified atom stereocenters. The lowest BCUT2D eigenvalue weighted by atomic mass is 10.1. The number of hydrogen-bond donors (Lipinski definition) is 2. The highest BCUT2D eigenvalue weighted by Crippen LogP contribution is 2.30. The van der Waals surface area contributed by atoms with Crippen molar-refractivity contribution in [1.82, 2.24) is 4.98 Å². The Balaban J connectivity index is 2.18. The van der Waals surface area contributed by atoms with Crippen molar-refractivity contribution < 1.29 is 4.79 Å². The van der Waals surface area contributed by atoms with Crippen molar-refractivity contribution in [1.29, 1.82) is 0 Å². The molecule has 0 aliphatic rings. The predicted octanol–water partition coefficient (Wildman–Crippen LogP) is 3.92. The van der Waals surface area contributed by atoms with Gasteiger partial charge >= 0.3 is 0 Å². The van der Waals surface area contributed by atoms with Crippen LogP contribution in [0.25, 0.3) is 21.8 Å². The summed E-state index contributed by atoms with van der Waals surface area (Å²) in [6.45, 7) is 3.78. The Morgan fingerprint density at radius 3 is 2.58 bits per heavy atom. The van der Waals surface area contributed by atoms with Crippen LogP contribution in [0.1, 0.15) is 13.8 Å². The van der Waals surface area contributed by atoms with Gasteiger partial charge in [0.15, 0.2) is 0 Å². The maximum absolute atomic E-state index is 11.8. The number of amides is 1. The SMILES string of the molecule is CC(C)C(=O)Nc1cccc2c1[nH]c1ccccc12. The molecule has 0 aliphatic carbocycles. The summed E-state index contributed by atoms with van der Waals surface area (Å²) in [7, 11) is 0. The molecular weight excluding hydrogens is 236 g/mol. The van der Waals surface area contributed by atoms with Gasteiger partial charge in [-0.15, -0.1) is 0 Å². The molecule has 0 saturated carbocycles. The molecule has 0 bridgehead atoms. The second kappa shape index (κ2) is 4.43. The average molecular weight is 252 g/mol. The fourth-order valence-corrected chi connectivity index (χ4v) is 2.25. The van der Waals surface area contributed by atoms with Gasteiger partial charge in [0, 0.05) is 22.2 Å². The highest BCUT2D eigenvalue weighted by molar-refractivity contribution is 6.13. The Hall–Kier alpha value is -2.29. The standard InChI is InChI=1S/C16H16N2O/c1-10(2)16(19)18-14-9-5-7-12-11-6-3-4-8-13(11)17-15(12)14/h3-10,17H,1-2H3,(H,18,19). The van der Waals surface area contributed by atoms with Gasteiger partial charge in [-0.2, -0.15) is 0 Å². The molecule has 0 spiro atoms. The number of fused-ring (bicyclic) bond motifs is 3. The third kappa shape index (κ3) is 1.97. The highest BCUT2D eigenvalue weighted by Gasteiger charge is 2.11. The van der Waals surface area contributed by atoms with Crippen LogP contribution >= 0.6 is 0 Å². The number of aromatic nitrogens is 1. The normalized spacial score (nSPS) is 11.3. The fraction of sp³-hybridized carbons (Fsp3) is 0.188. The minimum atomic E-state index is -0.0281. The van der Waals surface area contributed by atoms with E-state index in [9.17, 15) is 4.79 Å². The van der Waals surface area contributed by atoms with Crippen molar-refractivity contribution in [3.8, 4) is 0 Å². The summed E-state index contributed by atoms with van der Waals surface area (Å²) in [5.41, 5.74) is 2.91. The van der Waals surface area contributed by atoms with Gasteiger partial charge < -0.3 is 10.3 Å². The van der Waals surface area contributed by atoms with E-state index in [0.717, 1.165) is 22.1 Å². The lowest BCUT2D eigenvalue weighted by molar-refractivity contribution is -0.118. The molecule has 3 nitrogen and oxygen atoms in total. The van der Waals surface area contributed by atoms with Crippen molar-refractivity contribution in [3.05, 3.63) is 42.5 Å². The molecular formula is C16H16N2O. The van der Waals surface area contributed by atoms with Crippen molar-refractivity contribution in [3.63, 3.8) is 0 Å². The number of benzene rings is 2. The molecule has 0 fully saturated rings. The van der Waals surface area contributed by atoms with E-state index in [2.05, 4.69) is 22.4 Å². The summed E-state index contributed by atoms with van der Waals surface area (Å²) in [5, 5.41) is 5.29. The number of H-pyrrole nitrogens is 1. The summed E-state index contributed by atoms with van der Waals surface area (Å²) in [4.78, 5) is 15.2. The summed E-state index contributed by atoms with van der Waals surface area (Å²) < 4.78 is 0. The lowest BCUT2D eigenvalue weighted by Gasteiger charge is -2.08. The molecule has 19 heavy (non-hydrogen) atoms. The zero-order chi connectivity index (χ0) is 13.4. The van der Waals surface area contributed by atoms with Crippen LogP contribution in [0.3, 0.4) is 0 Å². The van der Waals surface area contributed by atoms with E-state index in [-0.39, 0.29) is 11.8 Å². The van der Waals surface area contributed by atoms with Crippen molar-refractivity contribution in [2.24, 2.45) is 5.92 Å². The molecule has 1 aromatic heterocycles. The average Bonchev–Trinajstić information content (AvgIpc) is 2.78.